The molecule has 1 fully saturated rings. The van der Waals surface area contributed by atoms with Crippen molar-refractivity contribution < 1.29 is 22.8 Å². The average molecular weight is 259 g/mol. The lowest BCUT2D eigenvalue weighted by Gasteiger charge is -2.28. The van der Waals surface area contributed by atoms with Crippen molar-refractivity contribution >= 4 is 17.6 Å². The molecule has 0 unspecified atom stereocenters. The number of hydrogen-bond acceptors (Lipinski definition) is 3. The molecule has 1 aromatic carbocycles. The van der Waals surface area contributed by atoms with E-state index < -0.39 is 23.7 Å². The molecule has 0 aromatic heterocycles. The van der Waals surface area contributed by atoms with Gasteiger partial charge in [-0.3, -0.25) is 15.1 Å². The first-order valence-corrected chi connectivity index (χ1v) is 4.91. The van der Waals surface area contributed by atoms with Gasteiger partial charge in [0.1, 0.15) is 6.54 Å². The Morgan fingerprint density at radius 1 is 1.22 bits per heavy atom. The number of carbonyl (C=O) groups is 2. The Hall–Kier alpha value is -2.25. The minimum Gasteiger partial charge on any atom is -0.275 e. The Balaban J connectivity index is 2.28. The second-order valence-corrected chi connectivity index (χ2v) is 3.62. The summed E-state index contributed by atoms with van der Waals surface area (Å²) in [5, 5.41) is 3.02. The number of nitrogens with zero attached hydrogens (tertiary/aromatic N) is 1. The molecule has 1 saturated heterocycles. The van der Waals surface area contributed by atoms with Crippen molar-refractivity contribution in [2.45, 2.75) is 6.18 Å². The van der Waals surface area contributed by atoms with E-state index in [0.29, 0.717) is 0 Å². The standard InChI is InChI=1S/C10H8F3N3O2/c11-10(12,13)6-2-1-3-7(4-6)16-5-8(17)14-9(18)15-16/h1-4H,5H2,(H2,14,15,17,18). The Kier molecular flexibility index (Phi) is 2.85. The van der Waals surface area contributed by atoms with Gasteiger partial charge in [-0.2, -0.15) is 13.2 Å². The van der Waals surface area contributed by atoms with Crippen LogP contribution in [-0.4, -0.2) is 18.5 Å². The summed E-state index contributed by atoms with van der Waals surface area (Å²) >= 11 is 0. The minimum atomic E-state index is -4.47. The molecule has 0 aliphatic carbocycles. The number of hydrogen-bond donors (Lipinski definition) is 2. The van der Waals surface area contributed by atoms with E-state index >= 15 is 0 Å². The van der Waals surface area contributed by atoms with Crippen molar-refractivity contribution in [2.75, 3.05) is 11.6 Å². The Morgan fingerprint density at radius 2 is 1.94 bits per heavy atom. The second kappa shape index (κ2) is 4.21. The summed E-state index contributed by atoms with van der Waals surface area (Å²) in [6, 6.07) is 3.57. The predicted molar refractivity (Wildman–Crippen MR) is 55.5 cm³/mol. The number of rotatable bonds is 1. The van der Waals surface area contributed by atoms with Gasteiger partial charge < -0.3 is 0 Å². The molecule has 1 aliphatic rings. The largest absolute Gasteiger partial charge is 0.416 e. The molecule has 0 spiro atoms. The minimum absolute atomic E-state index is 0.0908. The molecule has 0 saturated carbocycles. The summed E-state index contributed by atoms with van der Waals surface area (Å²) in [4.78, 5) is 22.1. The lowest BCUT2D eigenvalue weighted by molar-refractivity contribution is -0.137. The van der Waals surface area contributed by atoms with E-state index in [1.165, 1.54) is 12.1 Å². The first-order valence-electron chi connectivity index (χ1n) is 4.91. The number of alkyl halides is 3. The van der Waals surface area contributed by atoms with Crippen LogP contribution in [0.15, 0.2) is 24.3 Å². The van der Waals surface area contributed by atoms with Crippen molar-refractivity contribution in [2.24, 2.45) is 0 Å². The molecule has 3 amide bonds. The fraction of sp³-hybridized carbons (Fsp3) is 0.200. The summed E-state index contributed by atoms with van der Waals surface area (Å²) in [5.41, 5.74) is 1.48. The highest BCUT2D eigenvalue weighted by Crippen LogP contribution is 2.31. The summed E-state index contributed by atoms with van der Waals surface area (Å²) in [6.45, 7) is -0.243. The van der Waals surface area contributed by atoms with E-state index in [1.807, 2.05) is 5.32 Å². The van der Waals surface area contributed by atoms with Crippen LogP contribution in [0, 0.1) is 0 Å². The van der Waals surface area contributed by atoms with Gasteiger partial charge >= 0.3 is 12.2 Å². The number of benzene rings is 1. The zero-order valence-corrected chi connectivity index (χ0v) is 8.91. The van der Waals surface area contributed by atoms with Crippen molar-refractivity contribution in [3.63, 3.8) is 0 Å². The fourth-order valence-corrected chi connectivity index (χ4v) is 1.51. The quantitative estimate of drug-likeness (QED) is 0.798. The molecule has 0 radical (unpaired) electrons. The maximum atomic E-state index is 12.5. The SMILES string of the molecule is O=C1CN(c2cccc(C(F)(F)F)c2)NC(=O)N1. The number of hydrazine groups is 1. The summed E-state index contributed by atoms with van der Waals surface area (Å²) in [5.74, 6) is -0.587. The van der Waals surface area contributed by atoms with Gasteiger partial charge in [-0.1, -0.05) is 6.07 Å². The highest BCUT2D eigenvalue weighted by atomic mass is 19.4. The third-order valence-electron chi connectivity index (χ3n) is 2.28. The van der Waals surface area contributed by atoms with Crippen LogP contribution in [0.5, 0.6) is 0 Å². The third kappa shape index (κ3) is 2.53. The molecule has 1 aliphatic heterocycles. The average Bonchev–Trinajstić information content (AvgIpc) is 2.27. The van der Waals surface area contributed by atoms with Gasteiger partial charge in [-0.15, -0.1) is 0 Å². The lowest BCUT2D eigenvalue weighted by atomic mass is 10.2. The van der Waals surface area contributed by atoms with Gasteiger partial charge in [0.15, 0.2) is 0 Å². The molecule has 0 atom stereocenters. The van der Waals surface area contributed by atoms with Crippen molar-refractivity contribution in [3.8, 4) is 0 Å². The maximum absolute atomic E-state index is 12.5. The van der Waals surface area contributed by atoms with Crippen molar-refractivity contribution in [3.05, 3.63) is 29.8 Å². The molecule has 1 heterocycles. The van der Waals surface area contributed by atoms with Crippen LogP contribution in [-0.2, 0) is 11.0 Å². The first-order chi connectivity index (χ1) is 8.36. The molecule has 5 nitrogen and oxygen atoms in total. The van der Waals surface area contributed by atoms with Gasteiger partial charge in [-0.05, 0) is 18.2 Å². The van der Waals surface area contributed by atoms with Gasteiger partial charge in [0, 0.05) is 0 Å². The smallest absolute Gasteiger partial charge is 0.275 e. The van der Waals surface area contributed by atoms with Crippen LogP contribution in [0.2, 0.25) is 0 Å². The highest BCUT2D eigenvalue weighted by Gasteiger charge is 2.31. The van der Waals surface area contributed by atoms with Crippen LogP contribution < -0.4 is 15.8 Å². The number of amides is 3. The normalized spacial score (nSPS) is 16.3. The monoisotopic (exact) mass is 259 g/mol. The molecular formula is C10H8F3N3O2. The van der Waals surface area contributed by atoms with E-state index in [4.69, 9.17) is 0 Å². The second-order valence-electron chi connectivity index (χ2n) is 3.62. The van der Waals surface area contributed by atoms with Gasteiger partial charge in [0.05, 0.1) is 11.3 Å². The number of nitrogens with one attached hydrogen (secondary N) is 2. The Labute approximate surface area is 99.5 Å². The molecular weight excluding hydrogens is 251 g/mol. The Morgan fingerprint density at radius 3 is 2.56 bits per heavy atom. The van der Waals surface area contributed by atoms with Crippen molar-refractivity contribution in [1.82, 2.24) is 10.7 Å². The zero-order chi connectivity index (χ0) is 13.3. The van der Waals surface area contributed by atoms with Crippen LogP contribution in [0.1, 0.15) is 5.56 Å². The summed E-state index contributed by atoms with van der Waals surface area (Å²) in [6.07, 6.45) is -4.47. The number of imide groups is 1. The molecule has 8 heteroatoms. The van der Waals surface area contributed by atoms with Crippen LogP contribution >= 0.6 is 0 Å². The topological polar surface area (TPSA) is 61.4 Å². The van der Waals surface area contributed by atoms with E-state index in [1.54, 1.807) is 0 Å². The molecule has 96 valence electrons. The molecule has 2 rings (SSSR count). The van der Waals surface area contributed by atoms with Gasteiger partial charge in [0.2, 0.25) is 5.91 Å². The number of urea groups is 1. The molecule has 1 aromatic rings. The van der Waals surface area contributed by atoms with E-state index in [0.717, 1.165) is 17.1 Å². The fourth-order valence-electron chi connectivity index (χ4n) is 1.51. The number of halogens is 3. The van der Waals surface area contributed by atoms with Crippen LogP contribution in [0.3, 0.4) is 0 Å². The van der Waals surface area contributed by atoms with Crippen LogP contribution in [0.4, 0.5) is 23.7 Å². The maximum Gasteiger partial charge on any atom is 0.416 e. The number of carbonyl (C=O) groups excluding carboxylic acids is 2. The molecule has 0 bridgehead atoms. The van der Waals surface area contributed by atoms with E-state index in [2.05, 4.69) is 5.43 Å². The van der Waals surface area contributed by atoms with Crippen LogP contribution in [0.25, 0.3) is 0 Å². The Bertz CT molecular complexity index is 485. The van der Waals surface area contributed by atoms with E-state index in [-0.39, 0.29) is 12.2 Å². The third-order valence-corrected chi connectivity index (χ3v) is 2.28. The molecule has 18 heavy (non-hydrogen) atoms. The number of anilines is 1. The molecule has 2 N–H and O–H groups in total. The predicted octanol–water partition coefficient (Wildman–Crippen LogP) is 1.27. The lowest BCUT2D eigenvalue weighted by Crippen LogP contribution is -2.59. The summed E-state index contributed by atoms with van der Waals surface area (Å²) in [7, 11) is 0. The van der Waals surface area contributed by atoms with Gasteiger partial charge in [-0.25, -0.2) is 10.2 Å². The highest BCUT2D eigenvalue weighted by molar-refractivity contribution is 6.00. The van der Waals surface area contributed by atoms with Gasteiger partial charge in [0.25, 0.3) is 0 Å². The summed E-state index contributed by atoms with van der Waals surface area (Å²) < 4.78 is 37.5. The first kappa shape index (κ1) is 12.2. The zero-order valence-electron chi connectivity index (χ0n) is 8.91. The van der Waals surface area contributed by atoms with E-state index in [9.17, 15) is 22.8 Å². The van der Waals surface area contributed by atoms with Crippen molar-refractivity contribution in [1.29, 1.82) is 0 Å².